The second kappa shape index (κ2) is 10.9. The van der Waals surface area contributed by atoms with Crippen LogP contribution in [0.5, 0.6) is 0 Å². The molecule has 0 unspecified atom stereocenters. The van der Waals surface area contributed by atoms with Crippen molar-refractivity contribution in [2.45, 2.75) is 35.2 Å². The molecule has 0 aromatic heterocycles. The molecule has 13 heteroatoms. The summed E-state index contributed by atoms with van der Waals surface area (Å²) in [5, 5.41) is 12.9. The summed E-state index contributed by atoms with van der Waals surface area (Å²) in [5.74, 6) is -2.09. The van der Waals surface area contributed by atoms with Gasteiger partial charge in [-0.3, -0.25) is 4.79 Å². The van der Waals surface area contributed by atoms with Gasteiger partial charge in [0.05, 0.1) is 21.3 Å². The van der Waals surface area contributed by atoms with Crippen molar-refractivity contribution in [2.24, 2.45) is 0 Å². The predicted octanol–water partition coefficient (Wildman–Crippen LogP) is 3.95. The number of carbonyl (C=O) groups excluding carboxylic acids is 1. The van der Waals surface area contributed by atoms with E-state index in [9.17, 15) is 26.4 Å². The minimum Gasteiger partial charge on any atom is -0.475 e. The van der Waals surface area contributed by atoms with Crippen LogP contribution in [0.2, 0.25) is 5.02 Å². The number of fused-ring (bicyclic) bond motifs is 1. The van der Waals surface area contributed by atoms with Gasteiger partial charge >= 0.3 is 12.1 Å². The fourth-order valence-electron chi connectivity index (χ4n) is 4.06. The number of halogens is 4. The highest BCUT2D eigenvalue weighted by atomic mass is 35.5. The molecule has 7 nitrogen and oxygen atoms in total. The molecule has 4 rings (SSSR count). The second-order valence-electron chi connectivity index (χ2n) is 8.16. The Morgan fingerprint density at radius 2 is 1.74 bits per heavy atom. The molecular weight excluding hydrogens is 529 g/mol. The Balaban J connectivity index is 0.000000429. The topological polar surface area (TPSA) is 104 Å². The van der Waals surface area contributed by atoms with Crippen LogP contribution in [0.4, 0.5) is 13.2 Å². The first kappa shape index (κ1) is 27.6. The highest BCUT2D eigenvalue weighted by Crippen LogP contribution is 2.43. The normalized spacial score (nSPS) is 17.9. The van der Waals surface area contributed by atoms with Gasteiger partial charge in [-0.25, -0.2) is 13.2 Å². The second-order valence-corrected chi connectivity index (χ2v) is 12.0. The minimum atomic E-state index is -5.08. The average molecular weight is 553 g/mol. The number of carboxylic acid groups (broad SMARTS) is 1. The zero-order chi connectivity index (χ0) is 25.9. The summed E-state index contributed by atoms with van der Waals surface area (Å²) >= 11 is 7.71. The number of hydrogen-bond donors (Lipinski definition) is 2. The van der Waals surface area contributed by atoms with E-state index in [0.29, 0.717) is 28.6 Å². The van der Waals surface area contributed by atoms with Crippen molar-refractivity contribution in [1.29, 1.82) is 0 Å². The summed E-state index contributed by atoms with van der Waals surface area (Å²) in [5.41, 5.74) is 0. The Labute approximate surface area is 209 Å². The number of carbonyl (C=O) groups is 2. The monoisotopic (exact) mass is 552 g/mol. The Bertz CT molecular complexity index is 1200. The number of sulfone groups is 1. The van der Waals surface area contributed by atoms with Crippen LogP contribution >= 0.6 is 23.4 Å². The molecule has 2 aromatic carbocycles. The molecule has 2 aliphatic heterocycles. The van der Waals surface area contributed by atoms with Crippen LogP contribution in [0.1, 0.15) is 19.3 Å². The highest BCUT2D eigenvalue weighted by molar-refractivity contribution is 8.01. The van der Waals surface area contributed by atoms with Crippen molar-refractivity contribution in [1.82, 2.24) is 10.2 Å². The van der Waals surface area contributed by atoms with Gasteiger partial charge in [-0.2, -0.15) is 13.2 Å². The number of rotatable bonds is 5. The summed E-state index contributed by atoms with van der Waals surface area (Å²) in [7, 11) is -3.40. The van der Waals surface area contributed by atoms with E-state index in [1.807, 2.05) is 17.0 Å². The quantitative estimate of drug-likeness (QED) is 0.579. The molecule has 1 spiro atoms. The number of alkyl halides is 3. The van der Waals surface area contributed by atoms with E-state index in [-0.39, 0.29) is 16.5 Å². The van der Waals surface area contributed by atoms with Gasteiger partial charge in [0.2, 0.25) is 5.91 Å². The number of piperidine rings is 1. The van der Waals surface area contributed by atoms with Crippen molar-refractivity contribution < 1.29 is 36.3 Å². The molecule has 192 valence electrons. The Hall–Kier alpha value is -2.02. The zero-order valence-electron chi connectivity index (χ0n) is 18.5. The van der Waals surface area contributed by atoms with Crippen LogP contribution < -0.4 is 5.32 Å². The maximum Gasteiger partial charge on any atom is 0.490 e. The van der Waals surface area contributed by atoms with E-state index in [2.05, 4.69) is 5.32 Å². The molecule has 2 N–H and O–H groups in total. The van der Waals surface area contributed by atoms with Crippen molar-refractivity contribution >= 4 is 55.8 Å². The van der Waals surface area contributed by atoms with Gasteiger partial charge in [-0.1, -0.05) is 23.7 Å². The first-order valence-electron chi connectivity index (χ1n) is 10.7. The average Bonchev–Trinajstić information content (AvgIpc) is 3.08. The molecule has 0 bridgehead atoms. The maximum atomic E-state index is 12.8. The van der Waals surface area contributed by atoms with Gasteiger partial charge in [0.15, 0.2) is 9.84 Å². The number of aliphatic carboxylic acids is 1. The van der Waals surface area contributed by atoms with Crippen LogP contribution in [0, 0.1) is 0 Å². The molecule has 35 heavy (non-hydrogen) atoms. The third kappa shape index (κ3) is 6.81. The highest BCUT2D eigenvalue weighted by Gasteiger charge is 2.46. The van der Waals surface area contributed by atoms with Crippen LogP contribution in [0.25, 0.3) is 10.8 Å². The Morgan fingerprint density at radius 3 is 2.37 bits per heavy atom. The van der Waals surface area contributed by atoms with E-state index in [1.54, 1.807) is 36.0 Å². The zero-order valence-corrected chi connectivity index (χ0v) is 20.9. The van der Waals surface area contributed by atoms with Gasteiger partial charge in [0.1, 0.15) is 0 Å². The van der Waals surface area contributed by atoms with Crippen molar-refractivity contribution in [2.75, 3.05) is 31.1 Å². The molecule has 2 heterocycles. The molecule has 0 radical (unpaired) electrons. The van der Waals surface area contributed by atoms with E-state index in [0.717, 1.165) is 36.7 Å². The van der Waals surface area contributed by atoms with Crippen LogP contribution in [-0.4, -0.2) is 72.5 Å². The number of hydrogen-bond acceptors (Lipinski definition) is 6. The Morgan fingerprint density at radius 1 is 1.14 bits per heavy atom. The lowest BCUT2D eigenvalue weighted by Crippen LogP contribution is -2.51. The van der Waals surface area contributed by atoms with Crippen LogP contribution in [-0.2, 0) is 19.4 Å². The number of nitrogens with one attached hydrogen (secondary N) is 1. The lowest BCUT2D eigenvalue weighted by Gasteiger charge is -2.40. The predicted molar refractivity (Wildman–Crippen MR) is 128 cm³/mol. The van der Waals surface area contributed by atoms with Crippen LogP contribution in [0.15, 0.2) is 41.3 Å². The smallest absolute Gasteiger partial charge is 0.475 e. The molecular formula is C22H24ClF3N2O5S2. The summed E-state index contributed by atoms with van der Waals surface area (Å²) < 4.78 is 57.4. The standard InChI is InChI=1S/C20H23ClN2O3S2.C2HF3O2/c21-17-4-2-16-13-18(5-3-15(16)12-17)28(25,26)11-1-10-23-19(24)14-27-20(23)6-8-22-9-7-20;3-2(4,5)1(6)7/h2-5,12-13,22H,1,6-11,14H2;(H,6,7). The van der Waals surface area contributed by atoms with E-state index < -0.39 is 22.0 Å². The first-order chi connectivity index (χ1) is 16.3. The number of amides is 1. The van der Waals surface area contributed by atoms with Gasteiger partial charge in [0, 0.05) is 11.6 Å². The lowest BCUT2D eigenvalue weighted by molar-refractivity contribution is -0.192. The number of benzene rings is 2. The molecule has 2 fully saturated rings. The van der Waals surface area contributed by atoms with Crippen molar-refractivity contribution in [3.8, 4) is 0 Å². The Kier molecular flexibility index (Phi) is 8.61. The van der Waals surface area contributed by atoms with Gasteiger partial charge in [-0.15, -0.1) is 11.8 Å². The molecule has 0 saturated carbocycles. The van der Waals surface area contributed by atoms with Gasteiger partial charge in [-0.05, 0) is 67.4 Å². The molecule has 0 aliphatic carbocycles. The third-order valence-electron chi connectivity index (χ3n) is 5.81. The third-order valence-corrected chi connectivity index (χ3v) is 9.40. The summed E-state index contributed by atoms with van der Waals surface area (Å²) in [4.78, 5) is 23.4. The number of thioether (sulfide) groups is 1. The van der Waals surface area contributed by atoms with Crippen LogP contribution in [0.3, 0.4) is 0 Å². The fourth-order valence-corrected chi connectivity index (χ4v) is 6.95. The maximum absolute atomic E-state index is 12.8. The van der Waals surface area contributed by atoms with Crippen molar-refractivity contribution in [3.63, 3.8) is 0 Å². The summed E-state index contributed by atoms with van der Waals surface area (Å²) in [6.07, 6.45) is -2.80. The van der Waals surface area contributed by atoms with E-state index in [1.165, 1.54) is 0 Å². The van der Waals surface area contributed by atoms with Gasteiger partial charge in [0.25, 0.3) is 0 Å². The minimum absolute atomic E-state index is 0.0366. The first-order valence-corrected chi connectivity index (χ1v) is 13.7. The summed E-state index contributed by atoms with van der Waals surface area (Å²) in [6.45, 7) is 2.29. The van der Waals surface area contributed by atoms with E-state index >= 15 is 0 Å². The fraction of sp³-hybridized carbons (Fsp3) is 0.455. The van der Waals surface area contributed by atoms with E-state index in [4.69, 9.17) is 21.5 Å². The molecule has 2 saturated heterocycles. The number of carboxylic acids is 1. The number of nitrogens with zero attached hydrogens (tertiary/aromatic N) is 1. The summed E-state index contributed by atoms with van der Waals surface area (Å²) in [6, 6.07) is 10.5. The van der Waals surface area contributed by atoms with Gasteiger partial charge < -0.3 is 15.3 Å². The largest absolute Gasteiger partial charge is 0.490 e. The molecule has 1 amide bonds. The SMILES string of the molecule is O=C(O)C(F)(F)F.O=C1CSC2(CCNCC2)N1CCCS(=O)(=O)c1ccc2cc(Cl)ccc2c1. The lowest BCUT2D eigenvalue weighted by atomic mass is 10.0. The molecule has 2 aromatic rings. The molecule has 2 aliphatic rings. The molecule has 0 atom stereocenters. The van der Waals surface area contributed by atoms with Crippen molar-refractivity contribution in [3.05, 3.63) is 41.4 Å².